The van der Waals surface area contributed by atoms with Gasteiger partial charge in [0.15, 0.2) is 11.7 Å². The number of carbonyl (C=O) groups is 2. The monoisotopic (exact) mass is 469 g/mol. The standard InChI is InChI=1S/C18H20BrN3O3S2/c1-10(2)12-8-13(19)11(3)7-14(12)25-9-16(23)20-18(26)22-21-17(24)15-5-4-6-27-15/h4-8,10H,9H2,1-3H3,(H,21,24)(H2,20,22,23,26). The number of thiophene rings is 1. The maximum Gasteiger partial charge on any atom is 0.279 e. The Kier molecular flexibility index (Phi) is 7.76. The molecule has 0 aliphatic rings. The van der Waals surface area contributed by atoms with Crippen molar-refractivity contribution in [1.29, 1.82) is 0 Å². The zero-order chi connectivity index (χ0) is 20.0. The lowest BCUT2D eigenvalue weighted by molar-refractivity contribution is -0.121. The Morgan fingerprint density at radius 3 is 2.67 bits per heavy atom. The van der Waals surface area contributed by atoms with Gasteiger partial charge in [0.1, 0.15) is 5.75 Å². The van der Waals surface area contributed by atoms with Gasteiger partial charge in [-0.3, -0.25) is 25.8 Å². The molecule has 27 heavy (non-hydrogen) atoms. The molecule has 0 unspecified atom stereocenters. The van der Waals surface area contributed by atoms with Crippen LogP contribution in [0.4, 0.5) is 0 Å². The number of aryl methyl sites for hydroxylation is 1. The van der Waals surface area contributed by atoms with E-state index in [0.29, 0.717) is 10.6 Å². The van der Waals surface area contributed by atoms with Gasteiger partial charge in [-0.05, 0) is 59.8 Å². The lowest BCUT2D eigenvalue weighted by Crippen LogP contribution is -2.49. The molecule has 2 aromatic rings. The minimum atomic E-state index is -0.423. The van der Waals surface area contributed by atoms with Crippen molar-refractivity contribution in [2.75, 3.05) is 6.61 Å². The number of nitrogens with one attached hydrogen (secondary N) is 3. The third-order valence-electron chi connectivity index (χ3n) is 3.56. The Morgan fingerprint density at radius 2 is 2.04 bits per heavy atom. The number of hydrazine groups is 1. The first-order valence-corrected chi connectivity index (χ1v) is 10.2. The SMILES string of the molecule is Cc1cc(OCC(=O)NC(=S)NNC(=O)c2cccs2)c(C(C)C)cc1Br. The molecule has 6 nitrogen and oxygen atoms in total. The molecule has 9 heteroatoms. The maximum atomic E-state index is 12.0. The highest BCUT2D eigenvalue weighted by Gasteiger charge is 2.13. The number of rotatable bonds is 5. The number of hydrogen-bond donors (Lipinski definition) is 3. The Hall–Kier alpha value is -1.97. The zero-order valence-corrected chi connectivity index (χ0v) is 18.3. The first-order chi connectivity index (χ1) is 12.8. The van der Waals surface area contributed by atoms with E-state index in [4.69, 9.17) is 17.0 Å². The molecule has 0 spiro atoms. The van der Waals surface area contributed by atoms with Crippen LogP contribution in [0, 0.1) is 6.92 Å². The third kappa shape index (κ3) is 6.30. The predicted octanol–water partition coefficient (Wildman–Crippen LogP) is 3.66. The summed E-state index contributed by atoms with van der Waals surface area (Å²) in [6, 6.07) is 7.35. The van der Waals surface area contributed by atoms with E-state index >= 15 is 0 Å². The molecule has 0 fully saturated rings. The number of hydrogen-bond acceptors (Lipinski definition) is 5. The van der Waals surface area contributed by atoms with Crippen LogP contribution < -0.4 is 20.9 Å². The van der Waals surface area contributed by atoms with Crippen molar-refractivity contribution in [2.24, 2.45) is 0 Å². The second kappa shape index (κ2) is 9.82. The third-order valence-corrected chi connectivity index (χ3v) is 5.49. The van der Waals surface area contributed by atoms with Crippen molar-refractivity contribution >= 4 is 56.4 Å². The molecule has 1 aromatic carbocycles. The van der Waals surface area contributed by atoms with Crippen LogP contribution in [-0.2, 0) is 4.79 Å². The van der Waals surface area contributed by atoms with Crippen LogP contribution in [-0.4, -0.2) is 23.5 Å². The fraction of sp³-hybridized carbons (Fsp3) is 0.278. The van der Waals surface area contributed by atoms with Gasteiger partial charge in [-0.25, -0.2) is 0 Å². The molecule has 3 N–H and O–H groups in total. The van der Waals surface area contributed by atoms with E-state index in [9.17, 15) is 9.59 Å². The second-order valence-electron chi connectivity index (χ2n) is 6.02. The average molecular weight is 470 g/mol. The zero-order valence-electron chi connectivity index (χ0n) is 15.1. The first-order valence-electron chi connectivity index (χ1n) is 8.14. The van der Waals surface area contributed by atoms with Gasteiger partial charge < -0.3 is 4.74 Å². The van der Waals surface area contributed by atoms with E-state index < -0.39 is 5.91 Å². The van der Waals surface area contributed by atoms with E-state index in [1.165, 1.54) is 11.3 Å². The summed E-state index contributed by atoms with van der Waals surface area (Å²) in [5.74, 6) is 0.152. The van der Waals surface area contributed by atoms with Gasteiger partial charge in [0.25, 0.3) is 11.8 Å². The van der Waals surface area contributed by atoms with Crippen molar-refractivity contribution in [2.45, 2.75) is 26.7 Å². The molecular weight excluding hydrogens is 450 g/mol. The lowest BCUT2D eigenvalue weighted by Gasteiger charge is -2.16. The average Bonchev–Trinajstić information content (AvgIpc) is 3.14. The molecule has 2 amide bonds. The molecule has 0 atom stereocenters. The van der Waals surface area contributed by atoms with E-state index in [1.54, 1.807) is 17.5 Å². The van der Waals surface area contributed by atoms with Gasteiger partial charge >= 0.3 is 0 Å². The number of benzene rings is 1. The maximum absolute atomic E-state index is 12.0. The summed E-state index contributed by atoms with van der Waals surface area (Å²) in [6.45, 7) is 5.87. The molecule has 144 valence electrons. The van der Waals surface area contributed by atoms with Gasteiger partial charge in [0.2, 0.25) is 0 Å². The minimum absolute atomic E-state index is 0.00965. The van der Waals surface area contributed by atoms with Gasteiger partial charge in [0.05, 0.1) is 4.88 Å². The van der Waals surface area contributed by atoms with E-state index in [2.05, 4.69) is 45.9 Å². The number of amides is 2. The Morgan fingerprint density at radius 1 is 1.30 bits per heavy atom. The molecule has 0 aliphatic heterocycles. The van der Waals surface area contributed by atoms with Gasteiger partial charge in [-0.2, -0.15) is 0 Å². The van der Waals surface area contributed by atoms with Crippen molar-refractivity contribution < 1.29 is 14.3 Å². The van der Waals surface area contributed by atoms with Crippen molar-refractivity contribution in [1.82, 2.24) is 16.2 Å². The normalized spacial score (nSPS) is 10.4. The van der Waals surface area contributed by atoms with Crippen molar-refractivity contribution in [3.63, 3.8) is 0 Å². The quantitative estimate of drug-likeness (QED) is 0.459. The van der Waals surface area contributed by atoms with E-state index in [-0.39, 0.29) is 23.5 Å². The first kappa shape index (κ1) is 21.3. The molecular formula is C18H20BrN3O3S2. The topological polar surface area (TPSA) is 79.5 Å². The lowest BCUT2D eigenvalue weighted by atomic mass is 10.0. The molecule has 0 bridgehead atoms. The summed E-state index contributed by atoms with van der Waals surface area (Å²) in [7, 11) is 0. The van der Waals surface area contributed by atoms with E-state index in [0.717, 1.165) is 15.6 Å². The summed E-state index contributed by atoms with van der Waals surface area (Å²) in [5.41, 5.74) is 6.93. The van der Waals surface area contributed by atoms with Crippen molar-refractivity contribution in [3.8, 4) is 5.75 Å². The second-order valence-corrected chi connectivity index (χ2v) is 8.23. The number of carbonyl (C=O) groups excluding carboxylic acids is 2. The summed E-state index contributed by atoms with van der Waals surface area (Å²) in [4.78, 5) is 24.4. The largest absolute Gasteiger partial charge is 0.483 e. The summed E-state index contributed by atoms with van der Waals surface area (Å²) in [5, 5.41) is 4.24. The Balaban J connectivity index is 1.84. The van der Waals surface area contributed by atoms with Gasteiger partial charge in [-0.1, -0.05) is 35.8 Å². The van der Waals surface area contributed by atoms with Crippen molar-refractivity contribution in [3.05, 3.63) is 50.1 Å². The van der Waals surface area contributed by atoms with Gasteiger partial charge in [-0.15, -0.1) is 11.3 Å². The highest BCUT2D eigenvalue weighted by atomic mass is 79.9. The van der Waals surface area contributed by atoms with Crippen LogP contribution >= 0.6 is 39.5 Å². The summed E-state index contributed by atoms with van der Waals surface area (Å²) in [6.07, 6.45) is 0. The van der Waals surface area contributed by atoms with Crippen LogP contribution in [0.15, 0.2) is 34.1 Å². The Bertz CT molecular complexity index is 839. The number of halogens is 1. The van der Waals surface area contributed by atoms with E-state index in [1.807, 2.05) is 19.1 Å². The molecule has 1 heterocycles. The Labute approximate surface area is 175 Å². The molecule has 0 saturated carbocycles. The molecule has 2 rings (SSSR count). The molecule has 0 saturated heterocycles. The van der Waals surface area contributed by atoms with Crippen LogP contribution in [0.25, 0.3) is 0 Å². The van der Waals surface area contributed by atoms with Crippen LogP contribution in [0.5, 0.6) is 5.75 Å². The molecule has 0 radical (unpaired) electrons. The fourth-order valence-corrected chi connectivity index (χ4v) is 3.31. The van der Waals surface area contributed by atoms with Crippen LogP contribution in [0.1, 0.15) is 40.6 Å². The summed E-state index contributed by atoms with van der Waals surface area (Å²) >= 11 is 9.81. The molecule has 0 aliphatic carbocycles. The van der Waals surface area contributed by atoms with Crippen LogP contribution in [0.3, 0.4) is 0 Å². The highest BCUT2D eigenvalue weighted by molar-refractivity contribution is 9.10. The fourth-order valence-electron chi connectivity index (χ4n) is 2.17. The smallest absolute Gasteiger partial charge is 0.279 e. The van der Waals surface area contributed by atoms with Gasteiger partial charge in [0, 0.05) is 4.47 Å². The minimum Gasteiger partial charge on any atom is -0.483 e. The highest BCUT2D eigenvalue weighted by Crippen LogP contribution is 2.32. The predicted molar refractivity (Wildman–Crippen MR) is 114 cm³/mol. The summed E-state index contributed by atoms with van der Waals surface area (Å²) < 4.78 is 6.67. The number of thiocarbonyl (C=S) groups is 1. The van der Waals surface area contributed by atoms with Crippen LogP contribution in [0.2, 0.25) is 0 Å². The number of ether oxygens (including phenoxy) is 1. The molecule has 1 aromatic heterocycles.